The van der Waals surface area contributed by atoms with Crippen LogP contribution in [0.2, 0.25) is 0 Å². The van der Waals surface area contributed by atoms with Crippen LogP contribution >= 0.6 is 11.8 Å². The monoisotopic (exact) mass is 457 g/mol. The highest BCUT2D eigenvalue weighted by Crippen LogP contribution is 2.26. The summed E-state index contributed by atoms with van der Waals surface area (Å²) in [5.41, 5.74) is 16.3. The molecule has 0 spiro atoms. The highest BCUT2D eigenvalue weighted by Gasteiger charge is 2.12. The Kier molecular flexibility index (Phi) is 11.1. The van der Waals surface area contributed by atoms with Crippen molar-refractivity contribution in [3.8, 4) is 5.75 Å². The fourth-order valence-electron chi connectivity index (χ4n) is 3.00. The zero-order valence-corrected chi connectivity index (χ0v) is 20.0. The van der Waals surface area contributed by atoms with Gasteiger partial charge in [-0.05, 0) is 42.7 Å². The number of benzene rings is 2. The minimum absolute atomic E-state index is 0.117. The maximum Gasteiger partial charge on any atom is 0.246 e. The van der Waals surface area contributed by atoms with Crippen LogP contribution < -0.4 is 21.5 Å². The van der Waals surface area contributed by atoms with E-state index in [9.17, 15) is 4.79 Å². The fourth-order valence-corrected chi connectivity index (χ4v) is 3.96. The van der Waals surface area contributed by atoms with Crippen molar-refractivity contribution in [2.45, 2.75) is 31.3 Å². The first kappa shape index (κ1) is 25.8. The van der Waals surface area contributed by atoms with E-state index in [4.69, 9.17) is 20.9 Å². The van der Waals surface area contributed by atoms with E-state index in [0.717, 1.165) is 23.3 Å². The predicted molar refractivity (Wildman–Crippen MR) is 135 cm³/mol. The van der Waals surface area contributed by atoms with Gasteiger partial charge in [0.05, 0.1) is 6.61 Å². The van der Waals surface area contributed by atoms with Crippen LogP contribution in [-0.2, 0) is 15.3 Å². The van der Waals surface area contributed by atoms with Crippen LogP contribution in [0.25, 0.3) is 6.08 Å². The molecule has 0 aliphatic rings. The molecule has 7 heteroatoms. The number of methoxy groups -OCH3 is 1. The molecule has 0 fully saturated rings. The maximum absolute atomic E-state index is 12.7. The third-order valence-electron chi connectivity index (χ3n) is 5.03. The number of thioether (sulfide) groups is 1. The van der Waals surface area contributed by atoms with Crippen molar-refractivity contribution in [2.24, 2.45) is 5.73 Å². The lowest BCUT2D eigenvalue weighted by molar-refractivity contribution is -0.117. The molecular weight excluding hydrogens is 422 g/mol. The molecule has 0 aliphatic carbocycles. The number of anilines is 1. The summed E-state index contributed by atoms with van der Waals surface area (Å²) in [5, 5.41) is 3.15. The van der Waals surface area contributed by atoms with Gasteiger partial charge in [0.25, 0.3) is 0 Å². The van der Waals surface area contributed by atoms with Crippen molar-refractivity contribution in [3.63, 3.8) is 0 Å². The molecule has 0 saturated heterocycles. The van der Waals surface area contributed by atoms with Gasteiger partial charge in [0.15, 0.2) is 0 Å². The van der Waals surface area contributed by atoms with Gasteiger partial charge in [-0.25, -0.2) is 0 Å². The largest absolute Gasteiger partial charge is 0.493 e. The normalized spacial score (nSPS) is 12.4. The number of ether oxygens (including phenoxy) is 2. The second kappa shape index (κ2) is 13.8. The number of nitrogens with two attached hydrogens (primary N) is 2. The quantitative estimate of drug-likeness (QED) is 0.241. The van der Waals surface area contributed by atoms with E-state index in [1.807, 2.05) is 43.3 Å². The molecule has 2 aromatic carbocycles. The lowest BCUT2D eigenvalue weighted by atomic mass is 10.0. The number of hydrogen-bond acceptors (Lipinski definition) is 6. The van der Waals surface area contributed by atoms with Gasteiger partial charge in [-0.15, -0.1) is 0 Å². The second-order valence-electron chi connectivity index (χ2n) is 7.61. The molecule has 1 amide bonds. The van der Waals surface area contributed by atoms with Gasteiger partial charge in [0.1, 0.15) is 5.75 Å². The van der Waals surface area contributed by atoms with E-state index in [2.05, 4.69) is 17.4 Å². The molecule has 1 unspecified atom stereocenters. The van der Waals surface area contributed by atoms with E-state index in [0.29, 0.717) is 43.3 Å². The van der Waals surface area contributed by atoms with Gasteiger partial charge in [0.2, 0.25) is 5.91 Å². The molecule has 0 radical (unpaired) electrons. The molecule has 5 N–H and O–H groups in total. The molecule has 2 rings (SSSR count). The van der Waals surface area contributed by atoms with E-state index in [1.54, 1.807) is 25.8 Å². The Labute approximate surface area is 195 Å². The van der Waals surface area contributed by atoms with Gasteiger partial charge >= 0.3 is 0 Å². The van der Waals surface area contributed by atoms with Crippen LogP contribution in [0.4, 0.5) is 5.69 Å². The minimum Gasteiger partial charge on any atom is -0.493 e. The van der Waals surface area contributed by atoms with Crippen LogP contribution in [0.5, 0.6) is 5.75 Å². The van der Waals surface area contributed by atoms with Gasteiger partial charge < -0.3 is 26.3 Å². The van der Waals surface area contributed by atoms with Crippen LogP contribution in [0.3, 0.4) is 0 Å². The summed E-state index contributed by atoms with van der Waals surface area (Å²) >= 11 is 1.75. The van der Waals surface area contributed by atoms with Gasteiger partial charge in [0, 0.05) is 61.6 Å². The molecule has 0 bridgehead atoms. The van der Waals surface area contributed by atoms with Crippen LogP contribution in [0, 0.1) is 6.92 Å². The number of nitrogens with one attached hydrogen (secondary N) is 1. The van der Waals surface area contributed by atoms with Gasteiger partial charge in [-0.3, -0.25) is 4.79 Å². The molecule has 32 heavy (non-hydrogen) atoms. The summed E-state index contributed by atoms with van der Waals surface area (Å²) in [7, 11) is 1.66. The molecule has 2 aromatic rings. The summed E-state index contributed by atoms with van der Waals surface area (Å²) in [6.07, 6.45) is 2.64. The number of amides is 1. The Morgan fingerprint density at radius 2 is 1.97 bits per heavy atom. The average molecular weight is 458 g/mol. The lowest BCUT2D eigenvalue weighted by Crippen LogP contribution is -2.35. The molecule has 174 valence electrons. The van der Waals surface area contributed by atoms with E-state index < -0.39 is 0 Å². The summed E-state index contributed by atoms with van der Waals surface area (Å²) in [6.45, 7) is 5.93. The smallest absolute Gasteiger partial charge is 0.246 e. The van der Waals surface area contributed by atoms with E-state index >= 15 is 0 Å². The minimum atomic E-state index is -0.117. The van der Waals surface area contributed by atoms with Gasteiger partial charge in [-0.2, -0.15) is 11.8 Å². The molecule has 0 heterocycles. The number of carbonyl (C=O) groups is 1. The first-order valence-corrected chi connectivity index (χ1v) is 11.8. The summed E-state index contributed by atoms with van der Waals surface area (Å²) < 4.78 is 10.8. The van der Waals surface area contributed by atoms with Crippen molar-refractivity contribution in [1.82, 2.24) is 5.32 Å². The molecule has 6 nitrogen and oxygen atoms in total. The second-order valence-corrected chi connectivity index (χ2v) is 8.90. The first-order valence-electron chi connectivity index (χ1n) is 10.8. The fraction of sp³-hybridized carbons (Fsp3) is 0.400. The van der Waals surface area contributed by atoms with Crippen molar-refractivity contribution >= 4 is 29.4 Å². The zero-order valence-electron chi connectivity index (χ0n) is 19.2. The van der Waals surface area contributed by atoms with Crippen molar-refractivity contribution < 1.29 is 14.3 Å². The lowest BCUT2D eigenvalue weighted by Gasteiger charge is -2.16. The summed E-state index contributed by atoms with van der Waals surface area (Å²) in [5.74, 6) is 1.43. The van der Waals surface area contributed by atoms with Crippen molar-refractivity contribution in [1.29, 1.82) is 0 Å². The molecule has 0 saturated carbocycles. The average Bonchev–Trinajstić information content (AvgIpc) is 2.80. The van der Waals surface area contributed by atoms with Crippen molar-refractivity contribution in [3.05, 3.63) is 64.7 Å². The SMILES string of the molecule is COCCCOc1cc(N)c(C)c(/C=C(\C)C(=O)NCC(CN)SCc2ccccc2)c1. The number of carbonyl (C=O) groups excluding carboxylic acids is 1. The van der Waals surface area contributed by atoms with E-state index in [-0.39, 0.29) is 11.2 Å². The van der Waals surface area contributed by atoms with E-state index in [1.165, 1.54) is 5.56 Å². The Bertz CT molecular complexity index is 888. The Balaban J connectivity index is 1.95. The maximum atomic E-state index is 12.7. The molecule has 0 aliphatic heterocycles. The standard InChI is InChI=1S/C25H35N3O3S/c1-18(12-21-13-22(14-24(27)19(21)2)31-11-7-10-30-3)25(29)28-16-23(15-26)32-17-20-8-5-4-6-9-20/h4-6,8-9,12-14,23H,7,10-11,15-17,26-27H2,1-3H3,(H,28,29)/b18-12+. The topological polar surface area (TPSA) is 99.6 Å². The highest BCUT2D eigenvalue weighted by molar-refractivity contribution is 7.99. The van der Waals surface area contributed by atoms with Crippen molar-refractivity contribution in [2.75, 3.05) is 39.1 Å². The van der Waals surface area contributed by atoms with Gasteiger partial charge in [-0.1, -0.05) is 30.3 Å². The third kappa shape index (κ3) is 8.57. The Morgan fingerprint density at radius 3 is 2.66 bits per heavy atom. The first-order chi connectivity index (χ1) is 15.4. The number of rotatable bonds is 13. The summed E-state index contributed by atoms with van der Waals surface area (Å²) in [6, 6.07) is 14.0. The number of hydrogen-bond donors (Lipinski definition) is 3. The van der Waals surface area contributed by atoms with Crippen LogP contribution in [0.1, 0.15) is 30.0 Å². The third-order valence-corrected chi connectivity index (χ3v) is 6.37. The molecular formula is C25H35N3O3S. The van der Waals surface area contributed by atoms with Crippen LogP contribution in [0.15, 0.2) is 48.0 Å². The predicted octanol–water partition coefficient (Wildman–Crippen LogP) is 3.77. The Morgan fingerprint density at radius 1 is 1.22 bits per heavy atom. The van der Waals surface area contributed by atoms with Crippen LogP contribution in [-0.4, -0.2) is 44.6 Å². The molecule has 0 aromatic heterocycles. The Hall–Kier alpha value is -2.48. The number of nitrogen functional groups attached to an aromatic ring is 1. The summed E-state index contributed by atoms with van der Waals surface area (Å²) in [4.78, 5) is 12.7. The highest BCUT2D eigenvalue weighted by atomic mass is 32.2. The molecule has 1 atom stereocenters. The zero-order chi connectivity index (χ0) is 23.3.